The van der Waals surface area contributed by atoms with Crippen molar-refractivity contribution < 1.29 is 4.74 Å². The molecule has 1 rings (SSSR count). The molecule has 0 heterocycles. The first-order valence-corrected chi connectivity index (χ1v) is 5.39. The van der Waals surface area contributed by atoms with Crippen molar-refractivity contribution in [3.63, 3.8) is 0 Å². The van der Waals surface area contributed by atoms with Gasteiger partial charge in [0.15, 0.2) is 0 Å². The van der Waals surface area contributed by atoms with Gasteiger partial charge in [-0.15, -0.1) is 0 Å². The van der Waals surface area contributed by atoms with Gasteiger partial charge in [0.1, 0.15) is 0 Å². The molecule has 3 heteroatoms. The number of nitrogens with one attached hydrogen (secondary N) is 1. The van der Waals surface area contributed by atoms with Crippen LogP contribution in [0.1, 0.15) is 19.4 Å². The van der Waals surface area contributed by atoms with Crippen LogP contribution in [0, 0.1) is 0 Å². The van der Waals surface area contributed by atoms with Gasteiger partial charge < -0.3 is 15.8 Å². The van der Waals surface area contributed by atoms with E-state index in [1.807, 2.05) is 31.2 Å². The minimum Gasteiger partial charge on any atom is -0.398 e. The fourth-order valence-corrected chi connectivity index (χ4v) is 1.45. The molecule has 0 aliphatic heterocycles. The van der Waals surface area contributed by atoms with Crippen molar-refractivity contribution in [1.29, 1.82) is 0 Å². The van der Waals surface area contributed by atoms with E-state index in [-0.39, 0.29) is 6.10 Å². The second kappa shape index (κ2) is 6.43. The molecule has 0 aromatic heterocycles. The standard InChI is InChI=1S/C12H20N2O/c1-3-15-10(2)8-14-9-11-6-4-5-7-12(11)13/h4-7,10,14H,3,8-9,13H2,1-2H3. The van der Waals surface area contributed by atoms with E-state index in [1.165, 1.54) is 0 Å². The zero-order valence-electron chi connectivity index (χ0n) is 9.49. The molecule has 1 aromatic carbocycles. The second-order valence-electron chi connectivity index (χ2n) is 3.60. The summed E-state index contributed by atoms with van der Waals surface area (Å²) in [5.41, 5.74) is 7.81. The molecule has 0 spiro atoms. The number of nitrogens with two attached hydrogens (primary N) is 1. The third-order valence-electron chi connectivity index (χ3n) is 2.25. The van der Waals surface area contributed by atoms with Crippen molar-refractivity contribution in [3.05, 3.63) is 29.8 Å². The van der Waals surface area contributed by atoms with Crippen molar-refractivity contribution in [3.8, 4) is 0 Å². The number of hydrogen-bond donors (Lipinski definition) is 2. The van der Waals surface area contributed by atoms with E-state index in [4.69, 9.17) is 10.5 Å². The summed E-state index contributed by atoms with van der Waals surface area (Å²) in [6.07, 6.45) is 0.250. The van der Waals surface area contributed by atoms with Crippen LogP contribution in [0.4, 0.5) is 5.69 Å². The second-order valence-corrected chi connectivity index (χ2v) is 3.60. The molecule has 0 aliphatic rings. The average Bonchev–Trinajstić information content (AvgIpc) is 2.21. The Morgan fingerprint density at radius 3 is 2.80 bits per heavy atom. The molecule has 0 saturated heterocycles. The van der Waals surface area contributed by atoms with E-state index < -0.39 is 0 Å². The summed E-state index contributed by atoms with van der Waals surface area (Å²) in [5, 5.41) is 3.32. The third-order valence-corrected chi connectivity index (χ3v) is 2.25. The van der Waals surface area contributed by atoms with Crippen molar-refractivity contribution >= 4 is 5.69 Å². The van der Waals surface area contributed by atoms with Crippen LogP contribution in [0.5, 0.6) is 0 Å². The molecule has 1 unspecified atom stereocenters. The van der Waals surface area contributed by atoms with E-state index in [1.54, 1.807) is 0 Å². The van der Waals surface area contributed by atoms with Gasteiger partial charge in [0.25, 0.3) is 0 Å². The average molecular weight is 208 g/mol. The zero-order chi connectivity index (χ0) is 11.1. The summed E-state index contributed by atoms with van der Waals surface area (Å²) in [6.45, 7) is 6.47. The van der Waals surface area contributed by atoms with E-state index in [2.05, 4.69) is 12.2 Å². The molecule has 0 amide bonds. The molecule has 15 heavy (non-hydrogen) atoms. The minimum atomic E-state index is 0.250. The summed E-state index contributed by atoms with van der Waals surface area (Å²) < 4.78 is 5.42. The van der Waals surface area contributed by atoms with E-state index >= 15 is 0 Å². The van der Waals surface area contributed by atoms with Crippen LogP contribution in [-0.2, 0) is 11.3 Å². The fourth-order valence-electron chi connectivity index (χ4n) is 1.45. The van der Waals surface area contributed by atoms with Crippen LogP contribution in [-0.4, -0.2) is 19.3 Å². The predicted molar refractivity (Wildman–Crippen MR) is 63.6 cm³/mol. The minimum absolute atomic E-state index is 0.250. The maximum absolute atomic E-state index is 5.82. The molecule has 0 radical (unpaired) electrons. The summed E-state index contributed by atoms with van der Waals surface area (Å²) in [5.74, 6) is 0. The number of anilines is 1. The lowest BCUT2D eigenvalue weighted by Crippen LogP contribution is -2.26. The lowest BCUT2D eigenvalue weighted by Gasteiger charge is -2.13. The Bertz CT molecular complexity index is 289. The van der Waals surface area contributed by atoms with E-state index in [0.717, 1.165) is 30.9 Å². The highest BCUT2D eigenvalue weighted by molar-refractivity contribution is 5.46. The molecule has 84 valence electrons. The number of para-hydroxylation sites is 1. The number of benzene rings is 1. The van der Waals surface area contributed by atoms with Gasteiger partial charge in [0.2, 0.25) is 0 Å². The Hall–Kier alpha value is -1.06. The maximum atomic E-state index is 5.82. The number of hydrogen-bond acceptors (Lipinski definition) is 3. The Morgan fingerprint density at radius 2 is 2.13 bits per heavy atom. The highest BCUT2D eigenvalue weighted by Crippen LogP contribution is 2.09. The van der Waals surface area contributed by atoms with Gasteiger partial charge in [-0.3, -0.25) is 0 Å². The molecule has 3 N–H and O–H groups in total. The Kier molecular flexibility index (Phi) is 5.15. The van der Waals surface area contributed by atoms with Crippen LogP contribution in [0.15, 0.2) is 24.3 Å². The van der Waals surface area contributed by atoms with Gasteiger partial charge in [0, 0.05) is 25.4 Å². The van der Waals surface area contributed by atoms with Gasteiger partial charge in [0.05, 0.1) is 6.10 Å². The van der Waals surface area contributed by atoms with Crippen LogP contribution < -0.4 is 11.1 Å². The van der Waals surface area contributed by atoms with Gasteiger partial charge in [-0.1, -0.05) is 18.2 Å². The topological polar surface area (TPSA) is 47.3 Å². The highest BCUT2D eigenvalue weighted by atomic mass is 16.5. The number of rotatable bonds is 6. The lowest BCUT2D eigenvalue weighted by molar-refractivity contribution is 0.0759. The van der Waals surface area contributed by atoms with Crippen molar-refractivity contribution in [2.45, 2.75) is 26.5 Å². The van der Waals surface area contributed by atoms with Crippen LogP contribution in [0.2, 0.25) is 0 Å². The zero-order valence-corrected chi connectivity index (χ0v) is 9.49. The van der Waals surface area contributed by atoms with Gasteiger partial charge >= 0.3 is 0 Å². The van der Waals surface area contributed by atoms with Crippen molar-refractivity contribution in [2.24, 2.45) is 0 Å². The molecule has 1 aromatic rings. The summed E-state index contributed by atoms with van der Waals surface area (Å²) >= 11 is 0. The largest absolute Gasteiger partial charge is 0.398 e. The Morgan fingerprint density at radius 1 is 1.40 bits per heavy atom. The monoisotopic (exact) mass is 208 g/mol. The van der Waals surface area contributed by atoms with Crippen LogP contribution in [0.3, 0.4) is 0 Å². The predicted octanol–water partition coefficient (Wildman–Crippen LogP) is 1.78. The van der Waals surface area contributed by atoms with Gasteiger partial charge in [-0.2, -0.15) is 0 Å². The van der Waals surface area contributed by atoms with Crippen LogP contribution in [0.25, 0.3) is 0 Å². The maximum Gasteiger partial charge on any atom is 0.0671 e. The van der Waals surface area contributed by atoms with E-state index in [0.29, 0.717) is 0 Å². The number of nitrogen functional groups attached to an aromatic ring is 1. The summed E-state index contributed by atoms with van der Waals surface area (Å²) in [4.78, 5) is 0. The lowest BCUT2D eigenvalue weighted by atomic mass is 10.2. The molecule has 0 saturated carbocycles. The third kappa shape index (κ3) is 4.32. The first-order valence-electron chi connectivity index (χ1n) is 5.39. The van der Waals surface area contributed by atoms with Crippen molar-refractivity contribution in [1.82, 2.24) is 5.32 Å². The normalized spacial score (nSPS) is 12.7. The molecule has 0 bridgehead atoms. The first-order chi connectivity index (χ1) is 7.24. The highest BCUT2D eigenvalue weighted by Gasteiger charge is 2.01. The molecule has 3 nitrogen and oxygen atoms in total. The van der Waals surface area contributed by atoms with Gasteiger partial charge in [-0.05, 0) is 25.5 Å². The summed E-state index contributed by atoms with van der Waals surface area (Å²) in [6, 6.07) is 7.90. The molecular weight excluding hydrogens is 188 g/mol. The Balaban J connectivity index is 2.29. The number of ether oxygens (including phenoxy) is 1. The summed E-state index contributed by atoms with van der Waals surface area (Å²) in [7, 11) is 0. The molecule has 1 atom stereocenters. The molecule has 0 aliphatic carbocycles. The molecular formula is C12H20N2O. The van der Waals surface area contributed by atoms with Crippen molar-refractivity contribution in [2.75, 3.05) is 18.9 Å². The first kappa shape index (κ1) is 12.0. The SMILES string of the molecule is CCOC(C)CNCc1ccccc1N. The van der Waals surface area contributed by atoms with Crippen LogP contribution >= 0.6 is 0 Å². The smallest absolute Gasteiger partial charge is 0.0671 e. The molecule has 0 fully saturated rings. The Labute approximate surface area is 91.6 Å². The fraction of sp³-hybridized carbons (Fsp3) is 0.500. The van der Waals surface area contributed by atoms with Gasteiger partial charge in [-0.25, -0.2) is 0 Å². The van der Waals surface area contributed by atoms with E-state index in [9.17, 15) is 0 Å². The quantitative estimate of drug-likeness (QED) is 0.701.